The van der Waals surface area contributed by atoms with E-state index >= 15 is 0 Å². The quantitative estimate of drug-likeness (QED) is 0.833. The van der Waals surface area contributed by atoms with E-state index in [2.05, 4.69) is 15.8 Å². The van der Waals surface area contributed by atoms with Gasteiger partial charge in [0.2, 0.25) is 0 Å². The molecular formula is C15H22ClN3. The molecule has 4 bridgehead atoms. The first-order chi connectivity index (χ1) is 8.81. The number of hydrazine groups is 1. The van der Waals surface area contributed by atoms with Crippen LogP contribution in [0.2, 0.25) is 0 Å². The van der Waals surface area contributed by atoms with Crippen molar-refractivity contribution in [2.75, 3.05) is 5.43 Å². The molecule has 2 N–H and O–H groups in total. The second-order valence-electron chi connectivity index (χ2n) is 6.66. The molecule has 0 spiro atoms. The van der Waals surface area contributed by atoms with Crippen LogP contribution in [0.25, 0.3) is 0 Å². The molecule has 4 saturated carbocycles. The van der Waals surface area contributed by atoms with E-state index in [0.29, 0.717) is 5.54 Å². The maximum Gasteiger partial charge on any atom is 0.140 e. The van der Waals surface area contributed by atoms with Gasteiger partial charge in [-0.2, -0.15) is 0 Å². The highest BCUT2D eigenvalue weighted by molar-refractivity contribution is 5.85. The lowest BCUT2D eigenvalue weighted by molar-refractivity contribution is -0.0160. The molecule has 0 aromatic carbocycles. The van der Waals surface area contributed by atoms with Gasteiger partial charge < -0.3 is 5.43 Å². The van der Waals surface area contributed by atoms with Gasteiger partial charge in [-0.25, -0.2) is 10.4 Å². The lowest BCUT2D eigenvalue weighted by Gasteiger charge is -2.56. The van der Waals surface area contributed by atoms with Crippen LogP contribution < -0.4 is 10.9 Å². The normalized spacial score (nSPS) is 38.8. The van der Waals surface area contributed by atoms with Crippen molar-refractivity contribution in [2.24, 2.45) is 17.8 Å². The van der Waals surface area contributed by atoms with E-state index in [0.717, 1.165) is 23.6 Å². The molecule has 0 radical (unpaired) electrons. The van der Waals surface area contributed by atoms with Gasteiger partial charge in [-0.05, 0) is 68.4 Å². The molecule has 4 heteroatoms. The molecule has 0 aliphatic heterocycles. The third kappa shape index (κ3) is 2.46. The molecule has 1 aromatic heterocycles. The Morgan fingerprint density at radius 3 is 2.16 bits per heavy atom. The van der Waals surface area contributed by atoms with Crippen LogP contribution in [0.3, 0.4) is 0 Å². The van der Waals surface area contributed by atoms with E-state index in [1.807, 2.05) is 24.4 Å². The summed E-state index contributed by atoms with van der Waals surface area (Å²) in [5.41, 5.74) is 7.33. The van der Waals surface area contributed by atoms with Crippen LogP contribution in [0.1, 0.15) is 38.5 Å². The molecular weight excluding hydrogens is 258 g/mol. The second-order valence-corrected chi connectivity index (χ2v) is 6.66. The number of nitrogens with zero attached hydrogens (tertiary/aromatic N) is 1. The van der Waals surface area contributed by atoms with Crippen molar-refractivity contribution in [1.29, 1.82) is 0 Å². The van der Waals surface area contributed by atoms with Crippen LogP contribution in [0.15, 0.2) is 24.4 Å². The molecule has 0 unspecified atom stereocenters. The maximum absolute atomic E-state index is 4.32. The Hall–Kier alpha value is -0.800. The van der Waals surface area contributed by atoms with Crippen molar-refractivity contribution in [3.63, 3.8) is 0 Å². The third-order valence-corrected chi connectivity index (χ3v) is 5.16. The molecule has 4 aliphatic carbocycles. The summed E-state index contributed by atoms with van der Waals surface area (Å²) in [6, 6.07) is 6.00. The summed E-state index contributed by atoms with van der Waals surface area (Å²) in [4.78, 5) is 4.32. The summed E-state index contributed by atoms with van der Waals surface area (Å²) in [7, 11) is 0. The molecule has 3 nitrogen and oxygen atoms in total. The van der Waals surface area contributed by atoms with E-state index in [-0.39, 0.29) is 12.4 Å². The SMILES string of the molecule is Cl.c1ccc(NNC23CC4CC(CC(C4)C2)C3)nc1. The highest BCUT2D eigenvalue weighted by Gasteiger charge is 2.50. The minimum Gasteiger partial charge on any atom is -0.305 e. The van der Waals surface area contributed by atoms with E-state index in [9.17, 15) is 0 Å². The standard InChI is InChI=1S/C15H21N3.ClH/c1-2-4-16-14(3-1)17-18-15-8-11-5-12(9-15)7-13(6-11)10-15;/h1-4,11-13,18H,5-10H2,(H,16,17);1H. The third-order valence-electron chi connectivity index (χ3n) is 5.16. The minimum atomic E-state index is 0. The number of halogens is 1. The molecule has 4 fully saturated rings. The molecule has 0 atom stereocenters. The van der Waals surface area contributed by atoms with Gasteiger partial charge >= 0.3 is 0 Å². The minimum absolute atomic E-state index is 0. The van der Waals surface area contributed by atoms with Gasteiger partial charge in [-0.3, -0.25) is 0 Å². The van der Waals surface area contributed by atoms with Crippen molar-refractivity contribution < 1.29 is 0 Å². The Bertz CT molecular complexity index is 399. The van der Waals surface area contributed by atoms with Gasteiger partial charge in [0.1, 0.15) is 5.82 Å². The Balaban J connectivity index is 0.00000110. The molecule has 0 amide bonds. The Morgan fingerprint density at radius 1 is 1.00 bits per heavy atom. The van der Waals surface area contributed by atoms with Crippen molar-refractivity contribution in [3.8, 4) is 0 Å². The smallest absolute Gasteiger partial charge is 0.140 e. The van der Waals surface area contributed by atoms with Crippen LogP contribution >= 0.6 is 12.4 Å². The van der Waals surface area contributed by atoms with E-state index in [1.54, 1.807) is 0 Å². The predicted molar refractivity (Wildman–Crippen MR) is 79.1 cm³/mol. The van der Waals surface area contributed by atoms with Crippen molar-refractivity contribution in [2.45, 2.75) is 44.1 Å². The molecule has 19 heavy (non-hydrogen) atoms. The fraction of sp³-hybridized carbons (Fsp3) is 0.667. The van der Waals surface area contributed by atoms with Crippen LogP contribution in [0, 0.1) is 17.8 Å². The summed E-state index contributed by atoms with van der Waals surface area (Å²) < 4.78 is 0. The molecule has 5 rings (SSSR count). The maximum atomic E-state index is 4.32. The molecule has 1 heterocycles. The number of hydrogen-bond donors (Lipinski definition) is 2. The van der Waals surface area contributed by atoms with Gasteiger partial charge in [0, 0.05) is 11.7 Å². The Labute approximate surface area is 121 Å². The van der Waals surface area contributed by atoms with Crippen LogP contribution in [0.4, 0.5) is 5.82 Å². The van der Waals surface area contributed by atoms with Crippen LogP contribution in [-0.4, -0.2) is 10.5 Å². The summed E-state index contributed by atoms with van der Waals surface area (Å²) in [6.07, 6.45) is 10.4. The zero-order valence-corrected chi connectivity index (χ0v) is 12.0. The highest BCUT2D eigenvalue weighted by atomic mass is 35.5. The first-order valence-electron chi connectivity index (χ1n) is 7.26. The summed E-state index contributed by atoms with van der Waals surface area (Å²) >= 11 is 0. The number of anilines is 1. The largest absolute Gasteiger partial charge is 0.305 e. The topological polar surface area (TPSA) is 37.0 Å². The number of aromatic nitrogens is 1. The number of rotatable bonds is 3. The van der Waals surface area contributed by atoms with E-state index in [4.69, 9.17) is 0 Å². The lowest BCUT2D eigenvalue weighted by atomic mass is 9.53. The highest BCUT2D eigenvalue weighted by Crippen LogP contribution is 2.55. The second kappa shape index (κ2) is 4.95. The fourth-order valence-electron chi connectivity index (χ4n) is 4.90. The average Bonchev–Trinajstić information content (AvgIpc) is 2.36. The number of nitrogens with one attached hydrogen (secondary N) is 2. The monoisotopic (exact) mass is 279 g/mol. The first-order valence-corrected chi connectivity index (χ1v) is 7.26. The van der Waals surface area contributed by atoms with Gasteiger partial charge in [0.25, 0.3) is 0 Å². The predicted octanol–water partition coefficient (Wildman–Crippen LogP) is 3.39. The van der Waals surface area contributed by atoms with Gasteiger partial charge in [-0.1, -0.05) is 6.07 Å². The van der Waals surface area contributed by atoms with Gasteiger partial charge in [0.15, 0.2) is 0 Å². The molecule has 1 aromatic rings. The average molecular weight is 280 g/mol. The van der Waals surface area contributed by atoms with Gasteiger partial charge in [0.05, 0.1) is 0 Å². The number of pyridine rings is 1. The first kappa shape index (κ1) is 13.2. The van der Waals surface area contributed by atoms with Crippen LogP contribution in [0.5, 0.6) is 0 Å². The van der Waals surface area contributed by atoms with E-state index in [1.165, 1.54) is 38.5 Å². The van der Waals surface area contributed by atoms with Crippen molar-refractivity contribution in [1.82, 2.24) is 10.4 Å². The zero-order valence-electron chi connectivity index (χ0n) is 11.1. The molecule has 4 aliphatic rings. The lowest BCUT2D eigenvalue weighted by Crippen LogP contribution is -2.59. The zero-order chi connectivity index (χ0) is 12.0. The van der Waals surface area contributed by atoms with Gasteiger partial charge in [-0.15, -0.1) is 12.4 Å². The molecule has 0 saturated heterocycles. The summed E-state index contributed by atoms with van der Waals surface area (Å²) in [6.45, 7) is 0. The van der Waals surface area contributed by atoms with E-state index < -0.39 is 0 Å². The van der Waals surface area contributed by atoms with Crippen LogP contribution in [-0.2, 0) is 0 Å². The Kier molecular flexibility index (Phi) is 3.44. The fourth-order valence-corrected chi connectivity index (χ4v) is 4.90. The number of hydrogen-bond acceptors (Lipinski definition) is 3. The Morgan fingerprint density at radius 2 is 1.63 bits per heavy atom. The van der Waals surface area contributed by atoms with Crippen molar-refractivity contribution in [3.05, 3.63) is 24.4 Å². The summed E-state index contributed by atoms with van der Waals surface area (Å²) in [5, 5.41) is 0. The van der Waals surface area contributed by atoms with Crippen molar-refractivity contribution >= 4 is 18.2 Å². The summed E-state index contributed by atoms with van der Waals surface area (Å²) in [5.74, 6) is 3.88. The molecule has 104 valence electrons.